The lowest BCUT2D eigenvalue weighted by molar-refractivity contribution is -0.137. The van der Waals surface area contributed by atoms with Gasteiger partial charge in [0.25, 0.3) is 5.56 Å². The number of alkyl halides is 3. The van der Waals surface area contributed by atoms with E-state index in [-0.39, 0.29) is 43.2 Å². The van der Waals surface area contributed by atoms with Gasteiger partial charge >= 0.3 is 6.18 Å². The number of aromatic nitrogens is 4. The van der Waals surface area contributed by atoms with Crippen molar-refractivity contribution in [3.8, 4) is 5.75 Å². The van der Waals surface area contributed by atoms with Crippen LogP contribution in [0.1, 0.15) is 23.4 Å². The highest BCUT2D eigenvalue weighted by Gasteiger charge is 2.30. The minimum atomic E-state index is -4.46. The lowest BCUT2D eigenvalue weighted by Gasteiger charge is -2.12. The average molecular weight is 550 g/mol. The number of aryl methyl sites for hydroxylation is 3. The maximum Gasteiger partial charge on any atom is 0.416 e. The van der Waals surface area contributed by atoms with Gasteiger partial charge in [-0.1, -0.05) is 48.5 Å². The van der Waals surface area contributed by atoms with Gasteiger partial charge < -0.3 is 10.1 Å². The Hall–Kier alpha value is -4.67. The van der Waals surface area contributed by atoms with E-state index in [4.69, 9.17) is 4.74 Å². The maximum atomic E-state index is 13.3. The Kier molecular flexibility index (Phi) is 7.81. The van der Waals surface area contributed by atoms with Gasteiger partial charge in [-0.15, -0.1) is 10.2 Å². The number of carbonyl (C=O) groups is 1. The van der Waals surface area contributed by atoms with Crippen LogP contribution < -0.4 is 15.6 Å². The molecule has 0 aliphatic carbocycles. The van der Waals surface area contributed by atoms with E-state index in [0.29, 0.717) is 35.5 Å². The van der Waals surface area contributed by atoms with E-state index in [2.05, 4.69) is 15.5 Å². The Morgan fingerprint density at radius 3 is 2.50 bits per heavy atom. The first-order valence-electron chi connectivity index (χ1n) is 12.8. The van der Waals surface area contributed by atoms with Crippen LogP contribution in [0.15, 0.2) is 83.7 Å². The Morgan fingerprint density at radius 2 is 1.70 bits per heavy atom. The molecule has 2 aromatic heterocycles. The van der Waals surface area contributed by atoms with E-state index >= 15 is 0 Å². The maximum absolute atomic E-state index is 13.3. The van der Waals surface area contributed by atoms with Gasteiger partial charge in [-0.2, -0.15) is 13.2 Å². The van der Waals surface area contributed by atoms with Crippen LogP contribution >= 0.6 is 0 Å². The molecule has 1 N–H and O–H groups in total. The minimum absolute atomic E-state index is 0.0131. The summed E-state index contributed by atoms with van der Waals surface area (Å²) >= 11 is 0. The molecule has 0 spiro atoms. The highest BCUT2D eigenvalue weighted by molar-refractivity contribution is 5.80. The molecule has 0 saturated heterocycles. The second kappa shape index (κ2) is 11.6. The van der Waals surface area contributed by atoms with Gasteiger partial charge in [-0.25, -0.2) is 0 Å². The first kappa shape index (κ1) is 26.9. The number of nitrogens with one attached hydrogen (secondary N) is 1. The van der Waals surface area contributed by atoms with Gasteiger partial charge in [0.15, 0.2) is 0 Å². The number of fused-ring (bicyclic) bond motifs is 3. The third-order valence-corrected chi connectivity index (χ3v) is 6.47. The zero-order valence-electron chi connectivity index (χ0n) is 21.4. The smallest absolute Gasteiger partial charge is 0.416 e. The molecular formula is C29H26F3N5O3. The van der Waals surface area contributed by atoms with Crippen LogP contribution in [0.2, 0.25) is 0 Å². The van der Waals surface area contributed by atoms with Crippen molar-refractivity contribution in [3.63, 3.8) is 0 Å². The molecule has 5 aromatic rings. The van der Waals surface area contributed by atoms with Crippen molar-refractivity contribution in [1.82, 2.24) is 24.5 Å². The fourth-order valence-electron chi connectivity index (χ4n) is 4.50. The molecule has 0 unspecified atom stereocenters. The summed E-state index contributed by atoms with van der Waals surface area (Å²) in [5.41, 5.74) is 0.798. The SMILES string of the molecule is O=C(CCc1nnc2n(CCc3ccccc3)c(=O)c3ccccc3n12)NCCOc1cccc(C(F)(F)F)c1. The number of nitrogens with zero attached hydrogens (tertiary/aromatic N) is 4. The zero-order chi connectivity index (χ0) is 28.1. The fourth-order valence-corrected chi connectivity index (χ4v) is 4.50. The summed E-state index contributed by atoms with van der Waals surface area (Å²) < 4.78 is 47.3. The number of rotatable bonds is 10. The molecule has 8 nitrogen and oxygen atoms in total. The Labute approximate surface area is 227 Å². The lowest BCUT2D eigenvalue weighted by Crippen LogP contribution is -2.28. The quantitative estimate of drug-likeness (QED) is 0.260. The molecular weight excluding hydrogens is 523 g/mol. The molecule has 1 amide bonds. The summed E-state index contributed by atoms with van der Waals surface area (Å²) in [4.78, 5) is 25.8. The highest BCUT2D eigenvalue weighted by atomic mass is 19.4. The Morgan fingerprint density at radius 1 is 0.925 bits per heavy atom. The first-order valence-corrected chi connectivity index (χ1v) is 12.8. The van der Waals surface area contributed by atoms with Crippen LogP contribution in [-0.4, -0.2) is 38.2 Å². The van der Waals surface area contributed by atoms with Crippen LogP contribution in [0.25, 0.3) is 16.7 Å². The standard InChI is InChI=1S/C29H26F3N5O3/c30-29(31,32)21-9-6-10-22(19-21)40-18-16-33-26(38)14-13-25-34-35-28-36(17-15-20-7-2-1-3-8-20)27(39)23-11-4-5-12-24(23)37(25)28/h1-12,19H,13-18H2,(H,33,38). The molecule has 40 heavy (non-hydrogen) atoms. The lowest BCUT2D eigenvalue weighted by atomic mass is 10.1. The molecule has 0 radical (unpaired) electrons. The molecule has 0 atom stereocenters. The molecule has 0 fully saturated rings. The van der Waals surface area contributed by atoms with Crippen molar-refractivity contribution in [2.75, 3.05) is 13.2 Å². The topological polar surface area (TPSA) is 90.5 Å². The number of halogens is 3. The predicted octanol–water partition coefficient (Wildman–Crippen LogP) is 4.43. The largest absolute Gasteiger partial charge is 0.492 e. The molecule has 0 saturated carbocycles. The van der Waals surface area contributed by atoms with Crippen molar-refractivity contribution in [2.24, 2.45) is 0 Å². The number of carbonyl (C=O) groups excluding carboxylic acids is 1. The number of benzene rings is 3. The number of hydrogen-bond acceptors (Lipinski definition) is 5. The van der Waals surface area contributed by atoms with Crippen LogP contribution in [0.3, 0.4) is 0 Å². The third-order valence-electron chi connectivity index (χ3n) is 6.47. The summed E-state index contributed by atoms with van der Waals surface area (Å²) in [6.07, 6.45) is -3.45. The van der Waals surface area contributed by atoms with Crippen LogP contribution in [-0.2, 0) is 30.4 Å². The van der Waals surface area contributed by atoms with Crippen molar-refractivity contribution in [1.29, 1.82) is 0 Å². The van der Waals surface area contributed by atoms with Crippen LogP contribution in [0, 0.1) is 0 Å². The first-order chi connectivity index (χ1) is 19.3. The van der Waals surface area contributed by atoms with Gasteiger partial charge in [0.2, 0.25) is 11.7 Å². The van der Waals surface area contributed by atoms with Gasteiger partial charge in [0, 0.05) is 19.4 Å². The van der Waals surface area contributed by atoms with Crippen molar-refractivity contribution < 1.29 is 22.7 Å². The summed E-state index contributed by atoms with van der Waals surface area (Å²) in [5, 5.41) is 11.8. The molecule has 0 bridgehead atoms. The fraction of sp³-hybridized carbons (Fsp3) is 0.241. The van der Waals surface area contributed by atoms with Crippen molar-refractivity contribution in [3.05, 3.63) is 106 Å². The Bertz CT molecular complexity index is 1700. The van der Waals surface area contributed by atoms with Gasteiger partial charge in [0.05, 0.1) is 23.0 Å². The summed E-state index contributed by atoms with van der Waals surface area (Å²) in [6, 6.07) is 21.6. The van der Waals surface area contributed by atoms with E-state index in [1.54, 1.807) is 16.7 Å². The molecule has 3 aromatic carbocycles. The van der Waals surface area contributed by atoms with Crippen LogP contribution in [0.4, 0.5) is 13.2 Å². The third kappa shape index (κ3) is 5.98. The van der Waals surface area contributed by atoms with E-state index in [1.807, 2.05) is 46.9 Å². The number of hydrogen-bond donors (Lipinski definition) is 1. The Balaban J connectivity index is 1.25. The monoisotopic (exact) mass is 549 g/mol. The molecule has 206 valence electrons. The predicted molar refractivity (Wildman–Crippen MR) is 143 cm³/mol. The normalized spacial score (nSPS) is 11.7. The van der Waals surface area contributed by atoms with E-state index in [9.17, 15) is 22.8 Å². The summed E-state index contributed by atoms with van der Waals surface area (Å²) in [6.45, 7) is 0.554. The van der Waals surface area contributed by atoms with Gasteiger partial charge in [-0.05, 0) is 42.3 Å². The summed E-state index contributed by atoms with van der Waals surface area (Å²) in [7, 11) is 0. The van der Waals surface area contributed by atoms with E-state index in [0.717, 1.165) is 17.7 Å². The molecule has 5 rings (SSSR count). The number of amides is 1. The highest BCUT2D eigenvalue weighted by Crippen LogP contribution is 2.31. The molecule has 2 heterocycles. The number of ether oxygens (including phenoxy) is 1. The second-order valence-corrected chi connectivity index (χ2v) is 9.19. The molecule has 0 aliphatic rings. The van der Waals surface area contributed by atoms with E-state index in [1.165, 1.54) is 12.1 Å². The van der Waals surface area contributed by atoms with Gasteiger partial charge in [-0.3, -0.25) is 18.6 Å². The zero-order valence-corrected chi connectivity index (χ0v) is 21.4. The van der Waals surface area contributed by atoms with E-state index < -0.39 is 11.7 Å². The van der Waals surface area contributed by atoms with Crippen molar-refractivity contribution in [2.45, 2.75) is 32.0 Å². The van der Waals surface area contributed by atoms with Crippen LogP contribution in [0.5, 0.6) is 5.75 Å². The second-order valence-electron chi connectivity index (χ2n) is 9.19. The summed E-state index contributed by atoms with van der Waals surface area (Å²) in [5.74, 6) is 0.745. The average Bonchev–Trinajstić information content (AvgIpc) is 3.38. The number of para-hydroxylation sites is 1. The van der Waals surface area contributed by atoms with Crippen molar-refractivity contribution >= 4 is 22.6 Å². The van der Waals surface area contributed by atoms with Gasteiger partial charge in [0.1, 0.15) is 18.2 Å². The molecule has 11 heteroatoms. The minimum Gasteiger partial charge on any atom is -0.492 e. The molecule has 0 aliphatic heterocycles.